The van der Waals surface area contributed by atoms with Gasteiger partial charge in [-0.05, 0) is 47.5 Å². The van der Waals surface area contributed by atoms with E-state index in [1.165, 1.54) is 6.08 Å². The molecule has 1 atom stereocenters. The zero-order valence-electron chi connectivity index (χ0n) is 13.5. The number of carbonyl (C=O) groups excluding carboxylic acids is 1. The molecule has 1 amide bonds. The first-order chi connectivity index (χ1) is 9.57. The molecular weight excluding hydrogens is 277 g/mol. The van der Waals surface area contributed by atoms with E-state index < -0.39 is 29.9 Å². The lowest BCUT2D eigenvalue weighted by atomic mass is 10.1. The lowest BCUT2D eigenvalue weighted by molar-refractivity contribution is -0.0626. The van der Waals surface area contributed by atoms with Gasteiger partial charge in [0.15, 0.2) is 0 Å². The minimum absolute atomic E-state index is 0.169. The largest absolute Gasteiger partial charge is 0.444 e. The van der Waals surface area contributed by atoms with Gasteiger partial charge in [0.2, 0.25) is 0 Å². The highest BCUT2D eigenvalue weighted by Gasteiger charge is 2.45. The van der Waals surface area contributed by atoms with E-state index in [9.17, 15) is 9.18 Å². The van der Waals surface area contributed by atoms with Crippen LogP contribution in [-0.4, -0.2) is 46.7 Å². The summed E-state index contributed by atoms with van der Waals surface area (Å²) in [6.07, 6.45) is 1.88. The summed E-state index contributed by atoms with van der Waals surface area (Å²) in [5, 5.41) is 8.63. The van der Waals surface area contributed by atoms with Gasteiger partial charge in [0.25, 0.3) is 0 Å². The van der Waals surface area contributed by atoms with Gasteiger partial charge in [-0.1, -0.05) is 6.08 Å². The minimum Gasteiger partial charge on any atom is -0.444 e. The number of aliphatic hydroxyl groups excluding tert-OH is 1. The van der Waals surface area contributed by atoms with Crippen LogP contribution in [0.4, 0.5) is 9.18 Å². The fourth-order valence-corrected chi connectivity index (χ4v) is 2.27. The first-order valence-corrected chi connectivity index (χ1v) is 7.18. The third kappa shape index (κ3) is 5.28. The molecule has 122 valence electrons. The number of nitrogens with zero attached hydrogens (tertiary/aromatic N) is 1. The number of rotatable bonds is 4. The summed E-state index contributed by atoms with van der Waals surface area (Å²) in [7, 11) is 0. The Kier molecular flexibility index (Phi) is 5.75. The van der Waals surface area contributed by atoms with Crippen molar-refractivity contribution in [3.05, 3.63) is 11.9 Å². The van der Waals surface area contributed by atoms with Crippen molar-refractivity contribution in [1.29, 1.82) is 0 Å². The Morgan fingerprint density at radius 1 is 1.52 bits per heavy atom. The summed E-state index contributed by atoms with van der Waals surface area (Å²) in [4.78, 5) is 13.9. The molecule has 1 rings (SSSR count). The highest BCUT2D eigenvalue weighted by atomic mass is 19.1. The van der Waals surface area contributed by atoms with Gasteiger partial charge in [-0.25, -0.2) is 9.18 Å². The molecule has 1 aliphatic heterocycles. The molecule has 0 aromatic heterocycles. The highest BCUT2D eigenvalue weighted by Crippen LogP contribution is 2.31. The number of ether oxygens (including phenoxy) is 2. The molecule has 0 aromatic carbocycles. The van der Waals surface area contributed by atoms with Crippen molar-refractivity contribution in [2.45, 2.75) is 64.8 Å². The average Bonchev–Trinajstić information content (AvgIpc) is 2.62. The highest BCUT2D eigenvalue weighted by molar-refractivity contribution is 5.69. The van der Waals surface area contributed by atoms with Gasteiger partial charge in [0.05, 0.1) is 19.3 Å². The van der Waals surface area contributed by atoms with Crippen molar-refractivity contribution in [3.63, 3.8) is 0 Å². The number of amides is 1. The zero-order chi connectivity index (χ0) is 16.3. The Morgan fingerprint density at radius 3 is 2.67 bits per heavy atom. The number of allylic oxidation sites excluding steroid dienone is 1. The van der Waals surface area contributed by atoms with Gasteiger partial charge in [-0.15, -0.1) is 0 Å². The fraction of sp³-hybridized carbons (Fsp3) is 0.800. The third-order valence-corrected chi connectivity index (χ3v) is 3.18. The van der Waals surface area contributed by atoms with Crippen LogP contribution in [0.15, 0.2) is 11.9 Å². The summed E-state index contributed by atoms with van der Waals surface area (Å²) >= 11 is 0. The van der Waals surface area contributed by atoms with E-state index in [4.69, 9.17) is 14.6 Å². The fourth-order valence-electron chi connectivity index (χ4n) is 2.27. The maximum absolute atomic E-state index is 12.9. The lowest BCUT2D eigenvalue weighted by Gasteiger charge is -2.35. The van der Waals surface area contributed by atoms with E-state index >= 15 is 0 Å². The smallest absolute Gasteiger partial charge is 0.412 e. The van der Waals surface area contributed by atoms with Crippen LogP contribution >= 0.6 is 0 Å². The van der Waals surface area contributed by atoms with Crippen molar-refractivity contribution < 1.29 is 23.8 Å². The van der Waals surface area contributed by atoms with Crippen molar-refractivity contribution in [2.24, 2.45) is 0 Å². The predicted octanol–water partition coefficient (Wildman–Crippen LogP) is 2.98. The molecule has 1 heterocycles. The van der Waals surface area contributed by atoms with Gasteiger partial charge in [0, 0.05) is 0 Å². The Morgan fingerprint density at radius 2 is 2.14 bits per heavy atom. The van der Waals surface area contributed by atoms with E-state index in [1.807, 2.05) is 20.8 Å². The Hall–Kier alpha value is -1.14. The molecule has 1 saturated heterocycles. The van der Waals surface area contributed by atoms with Gasteiger partial charge in [-0.3, -0.25) is 4.90 Å². The van der Waals surface area contributed by atoms with Crippen molar-refractivity contribution in [1.82, 2.24) is 4.90 Å². The Labute approximate surface area is 125 Å². The number of carbonyl (C=O) groups is 1. The van der Waals surface area contributed by atoms with Crippen LogP contribution in [0.1, 0.15) is 47.5 Å². The average molecular weight is 303 g/mol. The van der Waals surface area contributed by atoms with Crippen molar-refractivity contribution in [2.75, 3.05) is 13.2 Å². The molecule has 21 heavy (non-hydrogen) atoms. The Balaban J connectivity index is 2.73. The number of halogens is 1. The maximum Gasteiger partial charge on any atom is 0.412 e. The summed E-state index contributed by atoms with van der Waals surface area (Å²) < 4.78 is 24.0. The minimum atomic E-state index is -0.744. The van der Waals surface area contributed by atoms with Gasteiger partial charge >= 0.3 is 6.09 Å². The molecular formula is C15H26FNO4. The zero-order valence-corrected chi connectivity index (χ0v) is 13.5. The topological polar surface area (TPSA) is 59.0 Å². The standard InChI is InChI=1S/C15H26FNO4/c1-14(2,3)21-13(19)17-12(10-20-15(17,4)5)8-6-7-11(16)9-18/h7,12,18H,6,8-10H2,1-5H3/b11-7-. The molecule has 1 N–H and O–H groups in total. The summed E-state index contributed by atoms with van der Waals surface area (Å²) in [6.45, 7) is 8.83. The van der Waals surface area contributed by atoms with Crippen molar-refractivity contribution >= 4 is 6.09 Å². The normalized spacial score (nSPS) is 22.5. The van der Waals surface area contributed by atoms with E-state index in [1.54, 1.807) is 18.7 Å². The quantitative estimate of drug-likeness (QED) is 0.867. The third-order valence-electron chi connectivity index (χ3n) is 3.18. The van der Waals surface area contributed by atoms with Gasteiger partial charge in [0.1, 0.15) is 17.2 Å². The molecule has 0 spiro atoms. The molecule has 0 radical (unpaired) electrons. The van der Waals surface area contributed by atoms with Crippen LogP contribution in [0.25, 0.3) is 0 Å². The predicted molar refractivity (Wildman–Crippen MR) is 77.4 cm³/mol. The summed E-state index contributed by atoms with van der Waals surface area (Å²) in [5.74, 6) is -0.558. The molecule has 1 fully saturated rings. The molecule has 0 bridgehead atoms. The summed E-state index contributed by atoms with van der Waals surface area (Å²) in [6, 6.07) is -0.169. The van der Waals surface area contributed by atoms with Crippen LogP contribution in [0.2, 0.25) is 0 Å². The SMILES string of the molecule is CC(C)(C)OC(=O)N1C(CC/C=C(\F)CO)COC1(C)C. The molecule has 1 aliphatic rings. The van der Waals surface area contributed by atoms with Gasteiger partial charge in [-0.2, -0.15) is 0 Å². The molecule has 6 heteroatoms. The molecule has 0 aromatic rings. The second kappa shape index (κ2) is 6.75. The number of aliphatic hydroxyl groups is 1. The monoisotopic (exact) mass is 303 g/mol. The molecule has 1 unspecified atom stereocenters. The van der Waals surface area contributed by atoms with Gasteiger partial charge < -0.3 is 14.6 Å². The first kappa shape index (κ1) is 17.9. The van der Waals surface area contributed by atoms with E-state index in [2.05, 4.69) is 0 Å². The van der Waals surface area contributed by atoms with Crippen LogP contribution in [0, 0.1) is 0 Å². The maximum atomic E-state index is 12.9. The second-order valence-corrected chi connectivity index (χ2v) is 6.65. The van der Waals surface area contributed by atoms with Crippen LogP contribution in [0.5, 0.6) is 0 Å². The molecule has 0 aliphatic carbocycles. The Bertz CT molecular complexity index is 401. The van der Waals surface area contributed by atoms with Crippen LogP contribution < -0.4 is 0 Å². The second-order valence-electron chi connectivity index (χ2n) is 6.65. The lowest BCUT2D eigenvalue weighted by Crippen LogP contribution is -2.49. The van der Waals surface area contributed by atoms with E-state index in [-0.39, 0.29) is 6.04 Å². The van der Waals surface area contributed by atoms with E-state index in [0.29, 0.717) is 19.4 Å². The van der Waals surface area contributed by atoms with Crippen LogP contribution in [-0.2, 0) is 9.47 Å². The van der Waals surface area contributed by atoms with E-state index in [0.717, 1.165) is 0 Å². The number of hydrogen-bond acceptors (Lipinski definition) is 4. The molecule has 5 nitrogen and oxygen atoms in total. The van der Waals surface area contributed by atoms with Crippen molar-refractivity contribution in [3.8, 4) is 0 Å². The first-order valence-electron chi connectivity index (χ1n) is 7.18. The summed E-state index contributed by atoms with van der Waals surface area (Å²) in [5.41, 5.74) is -1.32. The number of hydrogen-bond donors (Lipinski definition) is 1. The molecule has 0 saturated carbocycles. The van der Waals surface area contributed by atoms with Crippen LogP contribution in [0.3, 0.4) is 0 Å².